The van der Waals surface area contributed by atoms with E-state index >= 15 is 0 Å². The zero-order valence-electron chi connectivity index (χ0n) is 22.1. The minimum absolute atomic E-state index is 0.0194. The van der Waals surface area contributed by atoms with E-state index in [-0.39, 0.29) is 42.2 Å². The first-order chi connectivity index (χ1) is 18.7. The lowest BCUT2D eigenvalue weighted by Crippen LogP contribution is -2.52. The quantitative estimate of drug-likeness (QED) is 0.215. The number of rotatable bonds is 13. The van der Waals surface area contributed by atoms with E-state index in [0.717, 1.165) is 15.6 Å². The van der Waals surface area contributed by atoms with Gasteiger partial charge in [-0.2, -0.15) is 0 Å². The molecule has 0 spiro atoms. The van der Waals surface area contributed by atoms with Gasteiger partial charge in [0.2, 0.25) is 11.7 Å². The molecule has 3 rings (SSSR count). The van der Waals surface area contributed by atoms with Crippen LogP contribution in [0, 0.1) is 16.0 Å². The Labute approximate surface area is 236 Å². The third kappa shape index (κ3) is 8.81. The topological polar surface area (TPSA) is 111 Å². The summed E-state index contributed by atoms with van der Waals surface area (Å²) in [7, 11) is 1.32. The van der Waals surface area contributed by atoms with Crippen LogP contribution in [-0.4, -0.2) is 47.9 Å². The van der Waals surface area contributed by atoms with Crippen molar-refractivity contribution >= 4 is 33.4 Å². The number of hydrogen-bond acceptors (Lipinski definition) is 6. The van der Waals surface area contributed by atoms with Crippen molar-refractivity contribution in [1.82, 2.24) is 10.2 Å². The van der Waals surface area contributed by atoms with Gasteiger partial charge in [-0.3, -0.25) is 19.7 Å². The molecule has 0 radical (unpaired) electrons. The number of ether oxygens (including phenoxy) is 2. The SMILES string of the molecule is COc1cc(OCC(=O)N(Cc2cccc(Br)c2)[C@H](Cc2ccccc2)C(=O)NCC(C)C)ccc1[N+](=O)[O-]. The first kappa shape index (κ1) is 29.6. The molecule has 3 aromatic rings. The normalized spacial score (nSPS) is 11.5. The Hall–Kier alpha value is -3.92. The van der Waals surface area contributed by atoms with Crippen LogP contribution in [0.3, 0.4) is 0 Å². The number of carbonyl (C=O) groups is 2. The molecule has 0 fully saturated rings. The van der Waals surface area contributed by atoms with Crippen molar-refractivity contribution in [2.45, 2.75) is 32.9 Å². The number of hydrogen-bond donors (Lipinski definition) is 1. The van der Waals surface area contributed by atoms with E-state index in [9.17, 15) is 19.7 Å². The summed E-state index contributed by atoms with van der Waals surface area (Å²) in [4.78, 5) is 39.3. The molecule has 39 heavy (non-hydrogen) atoms. The number of methoxy groups -OCH3 is 1. The molecule has 1 N–H and O–H groups in total. The van der Waals surface area contributed by atoms with Gasteiger partial charge in [-0.15, -0.1) is 0 Å². The summed E-state index contributed by atoms with van der Waals surface area (Å²) in [5.41, 5.74) is 1.54. The van der Waals surface area contributed by atoms with Gasteiger partial charge in [0.1, 0.15) is 11.8 Å². The van der Waals surface area contributed by atoms with E-state index in [1.54, 1.807) is 0 Å². The zero-order chi connectivity index (χ0) is 28.4. The highest BCUT2D eigenvalue weighted by atomic mass is 79.9. The Morgan fingerprint density at radius 1 is 1.03 bits per heavy atom. The molecule has 3 aromatic carbocycles. The van der Waals surface area contributed by atoms with Crippen molar-refractivity contribution in [3.05, 3.63) is 98.5 Å². The number of amides is 2. The first-order valence-corrected chi connectivity index (χ1v) is 13.3. The molecule has 9 nitrogen and oxygen atoms in total. The van der Waals surface area contributed by atoms with Crippen LogP contribution in [0.1, 0.15) is 25.0 Å². The molecule has 2 amide bonds. The van der Waals surface area contributed by atoms with E-state index in [4.69, 9.17) is 9.47 Å². The van der Waals surface area contributed by atoms with Crippen LogP contribution >= 0.6 is 15.9 Å². The van der Waals surface area contributed by atoms with Gasteiger partial charge in [-0.05, 0) is 35.2 Å². The van der Waals surface area contributed by atoms with Gasteiger partial charge in [-0.25, -0.2) is 0 Å². The average Bonchev–Trinajstić information content (AvgIpc) is 2.92. The van der Waals surface area contributed by atoms with Gasteiger partial charge in [0.25, 0.3) is 5.91 Å². The second-order valence-electron chi connectivity index (χ2n) is 9.38. The largest absolute Gasteiger partial charge is 0.490 e. The number of nitro groups is 1. The van der Waals surface area contributed by atoms with Gasteiger partial charge in [0.05, 0.1) is 12.0 Å². The van der Waals surface area contributed by atoms with Crippen LogP contribution in [0.2, 0.25) is 0 Å². The van der Waals surface area contributed by atoms with Crippen molar-refractivity contribution in [2.75, 3.05) is 20.3 Å². The monoisotopic (exact) mass is 597 g/mol. The highest BCUT2D eigenvalue weighted by Gasteiger charge is 2.31. The summed E-state index contributed by atoms with van der Waals surface area (Å²) >= 11 is 3.47. The molecule has 0 aliphatic rings. The van der Waals surface area contributed by atoms with E-state index in [1.165, 1.54) is 30.2 Å². The van der Waals surface area contributed by atoms with Crippen molar-refractivity contribution in [2.24, 2.45) is 5.92 Å². The molecule has 0 heterocycles. The van der Waals surface area contributed by atoms with E-state index in [0.29, 0.717) is 13.0 Å². The summed E-state index contributed by atoms with van der Waals surface area (Å²) in [5.74, 6) is -0.176. The Kier molecular flexibility index (Phi) is 10.9. The summed E-state index contributed by atoms with van der Waals surface area (Å²) < 4.78 is 11.7. The summed E-state index contributed by atoms with van der Waals surface area (Å²) in [5, 5.41) is 14.2. The lowest BCUT2D eigenvalue weighted by atomic mass is 10.0. The maximum absolute atomic E-state index is 13.7. The van der Waals surface area contributed by atoms with Crippen molar-refractivity contribution in [1.29, 1.82) is 0 Å². The fourth-order valence-corrected chi connectivity index (χ4v) is 4.38. The van der Waals surface area contributed by atoms with Crippen LogP contribution in [0.5, 0.6) is 11.5 Å². The molecule has 0 saturated carbocycles. The van der Waals surface area contributed by atoms with Gasteiger partial charge < -0.3 is 19.7 Å². The highest BCUT2D eigenvalue weighted by Crippen LogP contribution is 2.31. The van der Waals surface area contributed by atoms with E-state index in [1.807, 2.05) is 68.4 Å². The number of benzene rings is 3. The Morgan fingerprint density at radius 3 is 2.38 bits per heavy atom. The fraction of sp³-hybridized carbons (Fsp3) is 0.310. The zero-order valence-corrected chi connectivity index (χ0v) is 23.7. The fourth-order valence-electron chi connectivity index (χ4n) is 3.94. The maximum Gasteiger partial charge on any atom is 0.311 e. The second-order valence-corrected chi connectivity index (χ2v) is 10.3. The molecule has 0 aliphatic carbocycles. The number of carbonyl (C=O) groups excluding carboxylic acids is 2. The molecule has 206 valence electrons. The molecular formula is C29H32BrN3O6. The molecule has 0 aliphatic heterocycles. The Morgan fingerprint density at radius 2 is 1.74 bits per heavy atom. The van der Waals surface area contributed by atoms with Crippen molar-refractivity contribution in [3.63, 3.8) is 0 Å². The highest BCUT2D eigenvalue weighted by molar-refractivity contribution is 9.10. The standard InChI is InChI=1S/C29H32BrN3O6/c1-20(2)17-31-29(35)26(15-21-8-5-4-6-9-21)32(18-22-10-7-11-23(30)14-22)28(34)19-39-24-12-13-25(33(36)37)27(16-24)38-3/h4-14,16,20,26H,15,17-19H2,1-3H3,(H,31,35)/t26-/m1/s1. The van der Waals surface area contributed by atoms with Gasteiger partial charge in [-0.1, -0.05) is 72.2 Å². The van der Waals surface area contributed by atoms with Crippen LogP contribution in [-0.2, 0) is 22.6 Å². The van der Waals surface area contributed by atoms with Crippen LogP contribution < -0.4 is 14.8 Å². The molecule has 1 atom stereocenters. The number of halogens is 1. The van der Waals surface area contributed by atoms with E-state index < -0.39 is 16.9 Å². The minimum atomic E-state index is -0.798. The minimum Gasteiger partial charge on any atom is -0.490 e. The predicted octanol–water partition coefficient (Wildman–Crippen LogP) is 5.16. The number of nitrogens with one attached hydrogen (secondary N) is 1. The van der Waals surface area contributed by atoms with Crippen molar-refractivity contribution < 1.29 is 24.0 Å². The second kappa shape index (κ2) is 14.3. The van der Waals surface area contributed by atoms with Gasteiger partial charge in [0, 0.05) is 36.1 Å². The summed E-state index contributed by atoms with van der Waals surface area (Å²) in [6.45, 7) is 4.28. The maximum atomic E-state index is 13.7. The van der Waals surface area contributed by atoms with Crippen LogP contribution in [0.15, 0.2) is 77.3 Å². The number of nitro benzene ring substituents is 1. The van der Waals surface area contributed by atoms with Gasteiger partial charge >= 0.3 is 5.69 Å². The van der Waals surface area contributed by atoms with E-state index in [2.05, 4.69) is 21.2 Å². The smallest absolute Gasteiger partial charge is 0.311 e. The Bertz CT molecular complexity index is 1290. The molecule has 10 heteroatoms. The molecular weight excluding hydrogens is 566 g/mol. The van der Waals surface area contributed by atoms with Crippen LogP contribution in [0.25, 0.3) is 0 Å². The van der Waals surface area contributed by atoms with Crippen LogP contribution in [0.4, 0.5) is 5.69 Å². The molecule has 0 saturated heterocycles. The third-order valence-electron chi connectivity index (χ3n) is 5.91. The molecule has 0 bridgehead atoms. The molecule has 0 aromatic heterocycles. The lowest BCUT2D eigenvalue weighted by Gasteiger charge is -2.31. The van der Waals surface area contributed by atoms with Gasteiger partial charge in [0.15, 0.2) is 6.61 Å². The summed E-state index contributed by atoms with van der Waals surface area (Å²) in [6, 6.07) is 20.3. The average molecular weight is 598 g/mol. The molecule has 0 unspecified atom stereocenters. The Balaban J connectivity index is 1.91. The number of nitrogens with zero attached hydrogens (tertiary/aromatic N) is 2. The lowest BCUT2D eigenvalue weighted by molar-refractivity contribution is -0.385. The summed E-state index contributed by atoms with van der Waals surface area (Å²) in [6.07, 6.45) is 0.315. The first-order valence-electron chi connectivity index (χ1n) is 12.5. The third-order valence-corrected chi connectivity index (χ3v) is 6.40. The van der Waals surface area contributed by atoms with Crippen molar-refractivity contribution in [3.8, 4) is 11.5 Å². The predicted molar refractivity (Wildman–Crippen MR) is 152 cm³/mol.